The number of piperidine rings is 1. The van der Waals surface area contributed by atoms with E-state index in [2.05, 4.69) is 13.8 Å². The van der Waals surface area contributed by atoms with E-state index in [0.29, 0.717) is 24.6 Å². The van der Waals surface area contributed by atoms with Gasteiger partial charge in [0.15, 0.2) is 0 Å². The van der Waals surface area contributed by atoms with Crippen molar-refractivity contribution in [2.24, 2.45) is 11.1 Å². The number of hydrogen-bond donors (Lipinski definition) is 1. The van der Waals surface area contributed by atoms with Gasteiger partial charge in [0.1, 0.15) is 0 Å². The van der Waals surface area contributed by atoms with Crippen LogP contribution < -0.4 is 5.14 Å². The predicted molar refractivity (Wildman–Crippen MR) is 87.1 cm³/mol. The smallest absolute Gasteiger partial charge is 0.253 e. The quantitative estimate of drug-likeness (QED) is 0.919. The molecule has 1 amide bonds. The number of primary sulfonamides is 1. The van der Waals surface area contributed by atoms with Gasteiger partial charge in [0.2, 0.25) is 10.0 Å². The maximum Gasteiger partial charge on any atom is 0.253 e. The first-order chi connectivity index (χ1) is 10.3. The van der Waals surface area contributed by atoms with Crippen molar-refractivity contribution in [3.05, 3.63) is 35.4 Å². The zero-order valence-electron chi connectivity index (χ0n) is 13.2. The lowest BCUT2D eigenvalue weighted by molar-refractivity contribution is 0.0684. The molecule has 1 saturated heterocycles. The van der Waals surface area contributed by atoms with Crippen molar-refractivity contribution in [1.82, 2.24) is 4.90 Å². The van der Waals surface area contributed by atoms with Crippen LogP contribution in [0.4, 0.5) is 0 Å². The highest BCUT2D eigenvalue weighted by molar-refractivity contribution is 7.89. The van der Waals surface area contributed by atoms with E-state index < -0.39 is 10.0 Å². The van der Waals surface area contributed by atoms with Gasteiger partial charge in [-0.25, -0.2) is 13.6 Å². The Labute approximate surface area is 132 Å². The van der Waals surface area contributed by atoms with Crippen molar-refractivity contribution in [2.45, 2.75) is 32.6 Å². The molecular weight excluding hydrogens is 300 g/mol. The Morgan fingerprint density at radius 2 is 1.95 bits per heavy atom. The lowest BCUT2D eigenvalue weighted by Gasteiger charge is -2.32. The molecule has 5 nitrogen and oxygen atoms in total. The van der Waals surface area contributed by atoms with Gasteiger partial charge in [-0.15, -0.1) is 0 Å². The zero-order chi connectivity index (χ0) is 16.3. The molecule has 2 rings (SSSR count). The summed E-state index contributed by atoms with van der Waals surface area (Å²) >= 11 is 0. The lowest BCUT2D eigenvalue weighted by atomic mass is 9.98. The van der Waals surface area contributed by atoms with Crippen LogP contribution in [0, 0.1) is 5.92 Å². The summed E-state index contributed by atoms with van der Waals surface area (Å²) in [6.07, 6.45) is 1.61. The topological polar surface area (TPSA) is 80.5 Å². The second-order valence-corrected chi connectivity index (χ2v) is 8.02. The Morgan fingerprint density at radius 1 is 1.32 bits per heavy atom. The number of sulfonamides is 1. The molecule has 0 spiro atoms. The summed E-state index contributed by atoms with van der Waals surface area (Å²) < 4.78 is 22.4. The first kappa shape index (κ1) is 17.0. The number of carbonyl (C=O) groups excluding carboxylic acids is 1. The number of hydrogen-bond acceptors (Lipinski definition) is 3. The number of rotatable bonds is 4. The molecular formula is C16H24N2O3S. The number of amides is 1. The highest BCUT2D eigenvalue weighted by atomic mass is 32.2. The van der Waals surface area contributed by atoms with Gasteiger partial charge in [-0.3, -0.25) is 4.79 Å². The van der Waals surface area contributed by atoms with Crippen molar-refractivity contribution in [3.8, 4) is 0 Å². The fourth-order valence-electron chi connectivity index (χ4n) is 2.91. The Bertz CT molecular complexity index is 623. The van der Waals surface area contributed by atoms with Crippen LogP contribution in [-0.2, 0) is 10.0 Å². The molecule has 1 fully saturated rings. The molecule has 6 heteroatoms. The molecule has 1 aromatic carbocycles. The first-order valence-electron chi connectivity index (χ1n) is 7.66. The summed E-state index contributed by atoms with van der Waals surface area (Å²) in [5.74, 6) is 0.277. The van der Waals surface area contributed by atoms with E-state index in [1.165, 1.54) is 5.56 Å². The van der Waals surface area contributed by atoms with E-state index in [9.17, 15) is 13.2 Å². The molecule has 0 aromatic heterocycles. The Balaban J connectivity index is 2.05. The molecule has 0 saturated carbocycles. The van der Waals surface area contributed by atoms with Crippen molar-refractivity contribution >= 4 is 15.9 Å². The van der Waals surface area contributed by atoms with Crippen molar-refractivity contribution in [3.63, 3.8) is 0 Å². The maximum absolute atomic E-state index is 12.5. The van der Waals surface area contributed by atoms with Crippen LogP contribution >= 0.6 is 0 Å². The molecule has 1 aliphatic rings. The van der Waals surface area contributed by atoms with Crippen LogP contribution in [0.1, 0.15) is 48.5 Å². The summed E-state index contributed by atoms with van der Waals surface area (Å²) in [6, 6.07) is 7.65. The van der Waals surface area contributed by atoms with Crippen molar-refractivity contribution in [1.29, 1.82) is 0 Å². The molecule has 1 atom stereocenters. The van der Waals surface area contributed by atoms with E-state index in [1.807, 2.05) is 24.3 Å². The van der Waals surface area contributed by atoms with Crippen LogP contribution in [0.2, 0.25) is 0 Å². The average Bonchev–Trinajstić information content (AvgIpc) is 2.45. The molecule has 1 heterocycles. The highest BCUT2D eigenvalue weighted by Crippen LogP contribution is 2.21. The number of likely N-dealkylation sites (tertiary alicyclic amines) is 1. The Hall–Kier alpha value is -1.40. The second-order valence-electron chi connectivity index (χ2n) is 6.37. The molecule has 0 radical (unpaired) electrons. The summed E-state index contributed by atoms with van der Waals surface area (Å²) in [4.78, 5) is 14.3. The van der Waals surface area contributed by atoms with E-state index in [1.54, 1.807) is 4.90 Å². The SMILES string of the molecule is CC(C)c1ccc(C(=O)N2CCCC(CS(N)(=O)=O)C2)cc1. The van der Waals surface area contributed by atoms with Gasteiger partial charge in [-0.2, -0.15) is 0 Å². The molecule has 1 aromatic rings. The fraction of sp³-hybridized carbons (Fsp3) is 0.562. The standard InChI is InChI=1S/C16H24N2O3S/c1-12(2)14-5-7-15(8-6-14)16(19)18-9-3-4-13(10-18)11-22(17,20)21/h5-8,12-13H,3-4,9-11H2,1-2H3,(H2,17,20,21). The lowest BCUT2D eigenvalue weighted by Crippen LogP contribution is -2.42. The molecule has 122 valence electrons. The third-order valence-corrected chi connectivity index (χ3v) is 5.03. The van der Waals surface area contributed by atoms with Crippen molar-refractivity contribution in [2.75, 3.05) is 18.8 Å². The van der Waals surface area contributed by atoms with Gasteiger partial charge in [0.25, 0.3) is 5.91 Å². The predicted octanol–water partition coefficient (Wildman–Crippen LogP) is 1.95. The molecule has 0 aliphatic carbocycles. The minimum Gasteiger partial charge on any atom is -0.338 e. The van der Waals surface area contributed by atoms with E-state index in [-0.39, 0.29) is 17.6 Å². The normalized spacial score (nSPS) is 19.5. The molecule has 1 aliphatic heterocycles. The first-order valence-corrected chi connectivity index (χ1v) is 9.37. The minimum absolute atomic E-state index is 0.0329. The average molecular weight is 324 g/mol. The molecule has 22 heavy (non-hydrogen) atoms. The van der Waals surface area contributed by atoms with Crippen LogP contribution in [-0.4, -0.2) is 38.1 Å². The number of nitrogens with two attached hydrogens (primary N) is 1. The number of carbonyl (C=O) groups is 1. The monoisotopic (exact) mass is 324 g/mol. The van der Waals surface area contributed by atoms with Gasteiger partial charge in [-0.05, 0) is 42.4 Å². The van der Waals surface area contributed by atoms with Crippen LogP contribution in [0.15, 0.2) is 24.3 Å². The minimum atomic E-state index is -3.49. The highest BCUT2D eigenvalue weighted by Gasteiger charge is 2.26. The Kier molecular flexibility index (Phi) is 5.24. The van der Waals surface area contributed by atoms with Gasteiger partial charge in [0.05, 0.1) is 5.75 Å². The molecule has 0 bridgehead atoms. The summed E-state index contributed by atoms with van der Waals surface area (Å²) in [6.45, 7) is 5.35. The van der Waals surface area contributed by atoms with Gasteiger partial charge >= 0.3 is 0 Å². The zero-order valence-corrected chi connectivity index (χ0v) is 14.0. The van der Waals surface area contributed by atoms with Gasteiger partial charge in [-0.1, -0.05) is 26.0 Å². The van der Waals surface area contributed by atoms with Crippen LogP contribution in [0.25, 0.3) is 0 Å². The third-order valence-electron chi connectivity index (χ3n) is 4.10. The third kappa shape index (κ3) is 4.55. The fourth-order valence-corrected chi connectivity index (χ4v) is 3.84. The summed E-state index contributed by atoms with van der Waals surface area (Å²) in [5, 5.41) is 5.11. The summed E-state index contributed by atoms with van der Waals surface area (Å²) in [5.41, 5.74) is 1.85. The van der Waals surface area contributed by atoms with Crippen LogP contribution in [0.3, 0.4) is 0 Å². The molecule has 1 unspecified atom stereocenters. The Morgan fingerprint density at radius 3 is 2.50 bits per heavy atom. The van der Waals surface area contributed by atoms with Crippen molar-refractivity contribution < 1.29 is 13.2 Å². The summed E-state index contributed by atoms with van der Waals surface area (Å²) in [7, 11) is -3.49. The maximum atomic E-state index is 12.5. The van der Waals surface area contributed by atoms with Crippen LogP contribution in [0.5, 0.6) is 0 Å². The number of nitrogens with zero attached hydrogens (tertiary/aromatic N) is 1. The largest absolute Gasteiger partial charge is 0.338 e. The number of benzene rings is 1. The van der Waals surface area contributed by atoms with E-state index >= 15 is 0 Å². The van der Waals surface area contributed by atoms with E-state index in [4.69, 9.17) is 5.14 Å². The van der Waals surface area contributed by atoms with E-state index in [0.717, 1.165) is 12.8 Å². The van der Waals surface area contributed by atoms with Gasteiger partial charge in [0, 0.05) is 18.7 Å². The second kappa shape index (κ2) is 6.79. The van der Waals surface area contributed by atoms with Gasteiger partial charge < -0.3 is 4.90 Å². The molecule has 2 N–H and O–H groups in total.